The zero-order valence-electron chi connectivity index (χ0n) is 8.95. The van der Waals surface area contributed by atoms with Gasteiger partial charge in [0.1, 0.15) is 5.75 Å². The SMILES string of the molecule is Cc1c(O)cccc1C(=O)N[C@H](C)CN. The summed E-state index contributed by atoms with van der Waals surface area (Å²) in [5.41, 5.74) is 6.47. The highest BCUT2D eigenvalue weighted by Crippen LogP contribution is 2.19. The fourth-order valence-electron chi connectivity index (χ4n) is 1.23. The lowest BCUT2D eigenvalue weighted by Crippen LogP contribution is -2.38. The molecule has 1 rings (SSSR count). The van der Waals surface area contributed by atoms with Gasteiger partial charge >= 0.3 is 0 Å². The minimum Gasteiger partial charge on any atom is -0.508 e. The van der Waals surface area contributed by atoms with Gasteiger partial charge in [-0.15, -0.1) is 0 Å². The molecule has 15 heavy (non-hydrogen) atoms. The van der Waals surface area contributed by atoms with Crippen molar-refractivity contribution >= 4 is 5.91 Å². The van der Waals surface area contributed by atoms with Crippen LogP contribution in [0.5, 0.6) is 5.75 Å². The first-order valence-electron chi connectivity index (χ1n) is 4.85. The Labute approximate surface area is 89.1 Å². The third-order valence-electron chi connectivity index (χ3n) is 2.28. The molecule has 0 saturated carbocycles. The fourth-order valence-corrected chi connectivity index (χ4v) is 1.23. The molecular formula is C11H16N2O2. The van der Waals surface area contributed by atoms with Crippen molar-refractivity contribution in [2.24, 2.45) is 5.73 Å². The monoisotopic (exact) mass is 208 g/mol. The van der Waals surface area contributed by atoms with Gasteiger partial charge in [0.15, 0.2) is 0 Å². The number of nitrogens with two attached hydrogens (primary N) is 1. The van der Waals surface area contributed by atoms with Crippen LogP contribution >= 0.6 is 0 Å². The third-order valence-corrected chi connectivity index (χ3v) is 2.28. The molecule has 1 aromatic carbocycles. The molecule has 0 heterocycles. The predicted molar refractivity (Wildman–Crippen MR) is 58.8 cm³/mol. The molecule has 0 unspecified atom stereocenters. The lowest BCUT2D eigenvalue weighted by Gasteiger charge is -2.13. The Morgan fingerprint density at radius 3 is 2.87 bits per heavy atom. The molecule has 82 valence electrons. The van der Waals surface area contributed by atoms with Gasteiger partial charge in [0.05, 0.1) is 0 Å². The van der Waals surface area contributed by atoms with E-state index in [4.69, 9.17) is 5.73 Å². The van der Waals surface area contributed by atoms with Crippen LogP contribution in [0.25, 0.3) is 0 Å². The molecule has 4 nitrogen and oxygen atoms in total. The van der Waals surface area contributed by atoms with Crippen molar-refractivity contribution in [1.82, 2.24) is 5.32 Å². The van der Waals surface area contributed by atoms with Crippen LogP contribution in [0.2, 0.25) is 0 Å². The third kappa shape index (κ3) is 2.70. The average molecular weight is 208 g/mol. The van der Waals surface area contributed by atoms with E-state index in [-0.39, 0.29) is 17.7 Å². The minimum absolute atomic E-state index is 0.0701. The molecule has 0 aromatic heterocycles. The molecule has 0 fully saturated rings. The molecule has 0 bridgehead atoms. The number of phenols is 1. The van der Waals surface area contributed by atoms with E-state index in [1.165, 1.54) is 0 Å². The Morgan fingerprint density at radius 1 is 1.60 bits per heavy atom. The molecule has 0 radical (unpaired) electrons. The maximum Gasteiger partial charge on any atom is 0.251 e. The van der Waals surface area contributed by atoms with Crippen LogP contribution in [-0.2, 0) is 0 Å². The molecule has 0 aliphatic carbocycles. The van der Waals surface area contributed by atoms with Gasteiger partial charge in [0, 0.05) is 23.7 Å². The second-order valence-electron chi connectivity index (χ2n) is 3.56. The quantitative estimate of drug-likeness (QED) is 0.687. The Kier molecular flexibility index (Phi) is 3.68. The van der Waals surface area contributed by atoms with E-state index < -0.39 is 0 Å². The molecule has 4 heteroatoms. The highest BCUT2D eigenvalue weighted by molar-refractivity contribution is 5.96. The highest BCUT2D eigenvalue weighted by Gasteiger charge is 2.12. The van der Waals surface area contributed by atoms with Crippen molar-refractivity contribution in [3.8, 4) is 5.75 Å². The van der Waals surface area contributed by atoms with Gasteiger partial charge in [-0.1, -0.05) is 6.07 Å². The van der Waals surface area contributed by atoms with Crippen molar-refractivity contribution in [3.63, 3.8) is 0 Å². The standard InChI is InChI=1S/C11H16N2O2/c1-7(6-12)13-11(15)9-4-3-5-10(14)8(9)2/h3-5,7,14H,6,12H2,1-2H3,(H,13,15)/t7-/m1/s1. The maximum absolute atomic E-state index is 11.7. The number of carbonyl (C=O) groups excluding carboxylic acids is 1. The molecule has 0 aliphatic heterocycles. The maximum atomic E-state index is 11.7. The number of hydrogen-bond acceptors (Lipinski definition) is 3. The zero-order chi connectivity index (χ0) is 11.4. The van der Waals surface area contributed by atoms with Crippen LogP contribution in [-0.4, -0.2) is 23.6 Å². The molecular weight excluding hydrogens is 192 g/mol. The largest absolute Gasteiger partial charge is 0.508 e. The minimum atomic E-state index is -0.207. The molecule has 4 N–H and O–H groups in total. The summed E-state index contributed by atoms with van der Waals surface area (Å²) in [6.07, 6.45) is 0. The van der Waals surface area contributed by atoms with E-state index >= 15 is 0 Å². The number of benzene rings is 1. The summed E-state index contributed by atoms with van der Waals surface area (Å²) in [5, 5.41) is 12.2. The first kappa shape index (κ1) is 11.5. The molecule has 0 aliphatic rings. The fraction of sp³-hybridized carbons (Fsp3) is 0.364. The van der Waals surface area contributed by atoms with Crippen molar-refractivity contribution in [2.75, 3.05) is 6.54 Å². The normalized spacial score (nSPS) is 12.2. The Hall–Kier alpha value is -1.55. The molecule has 1 amide bonds. The van der Waals surface area contributed by atoms with Crippen LogP contribution in [0.3, 0.4) is 0 Å². The molecule has 1 aromatic rings. The van der Waals surface area contributed by atoms with E-state index in [1.807, 2.05) is 6.92 Å². The average Bonchev–Trinajstić information content (AvgIpc) is 2.21. The van der Waals surface area contributed by atoms with E-state index in [0.29, 0.717) is 17.7 Å². The molecule has 1 atom stereocenters. The second kappa shape index (κ2) is 4.79. The smallest absolute Gasteiger partial charge is 0.251 e. The van der Waals surface area contributed by atoms with Crippen molar-refractivity contribution < 1.29 is 9.90 Å². The number of carbonyl (C=O) groups is 1. The lowest BCUT2D eigenvalue weighted by atomic mass is 10.1. The van der Waals surface area contributed by atoms with Gasteiger partial charge in [-0.3, -0.25) is 4.79 Å². The second-order valence-corrected chi connectivity index (χ2v) is 3.56. The topological polar surface area (TPSA) is 75.3 Å². The number of aromatic hydroxyl groups is 1. The van der Waals surface area contributed by atoms with Crippen LogP contribution in [0.1, 0.15) is 22.8 Å². The van der Waals surface area contributed by atoms with Gasteiger partial charge in [-0.05, 0) is 26.0 Å². The number of rotatable bonds is 3. The first-order chi connectivity index (χ1) is 7.06. The summed E-state index contributed by atoms with van der Waals surface area (Å²) in [6.45, 7) is 3.93. The van der Waals surface area contributed by atoms with Gasteiger partial charge < -0.3 is 16.2 Å². The number of amides is 1. The summed E-state index contributed by atoms with van der Waals surface area (Å²) >= 11 is 0. The number of nitrogens with one attached hydrogen (secondary N) is 1. The van der Waals surface area contributed by atoms with E-state index in [2.05, 4.69) is 5.32 Å². The summed E-state index contributed by atoms with van der Waals surface area (Å²) in [5.74, 6) is -0.0793. The summed E-state index contributed by atoms with van der Waals surface area (Å²) < 4.78 is 0. The van der Waals surface area contributed by atoms with Gasteiger partial charge in [0.2, 0.25) is 0 Å². The van der Waals surface area contributed by atoms with Crippen molar-refractivity contribution in [3.05, 3.63) is 29.3 Å². The number of phenolic OH excluding ortho intramolecular Hbond substituents is 1. The van der Waals surface area contributed by atoms with Crippen LogP contribution in [0.4, 0.5) is 0 Å². The van der Waals surface area contributed by atoms with E-state index in [0.717, 1.165) is 0 Å². The van der Waals surface area contributed by atoms with Gasteiger partial charge in [-0.25, -0.2) is 0 Å². The first-order valence-corrected chi connectivity index (χ1v) is 4.85. The van der Waals surface area contributed by atoms with Gasteiger partial charge in [-0.2, -0.15) is 0 Å². The number of hydrogen-bond donors (Lipinski definition) is 3. The Balaban J connectivity index is 2.87. The predicted octanol–water partition coefficient (Wildman–Crippen LogP) is 0.778. The van der Waals surface area contributed by atoms with Crippen molar-refractivity contribution in [1.29, 1.82) is 0 Å². The molecule has 0 saturated heterocycles. The van der Waals surface area contributed by atoms with E-state index in [9.17, 15) is 9.90 Å². The zero-order valence-corrected chi connectivity index (χ0v) is 8.95. The van der Waals surface area contributed by atoms with Crippen LogP contribution in [0, 0.1) is 6.92 Å². The Morgan fingerprint density at radius 2 is 2.27 bits per heavy atom. The summed E-state index contributed by atoms with van der Waals surface area (Å²) in [7, 11) is 0. The van der Waals surface area contributed by atoms with Crippen molar-refractivity contribution in [2.45, 2.75) is 19.9 Å². The van der Waals surface area contributed by atoms with E-state index in [1.54, 1.807) is 25.1 Å². The van der Waals surface area contributed by atoms with Crippen LogP contribution in [0.15, 0.2) is 18.2 Å². The van der Waals surface area contributed by atoms with Crippen LogP contribution < -0.4 is 11.1 Å². The summed E-state index contributed by atoms with van der Waals surface area (Å²) in [6, 6.07) is 4.80. The highest BCUT2D eigenvalue weighted by atomic mass is 16.3. The molecule has 0 spiro atoms. The lowest BCUT2D eigenvalue weighted by molar-refractivity contribution is 0.0940. The summed E-state index contributed by atoms with van der Waals surface area (Å²) in [4.78, 5) is 11.7. The van der Waals surface area contributed by atoms with Gasteiger partial charge in [0.25, 0.3) is 5.91 Å². The Bertz CT molecular complexity index is 364.